The molecule has 0 radical (unpaired) electrons. The number of para-hydroxylation sites is 1. The number of hydrogen-bond donors (Lipinski definition) is 1. The van der Waals surface area contributed by atoms with Gasteiger partial charge in [0.05, 0.1) is 5.69 Å². The number of esters is 1. The van der Waals surface area contributed by atoms with Gasteiger partial charge in [-0.15, -0.1) is 0 Å². The van der Waals surface area contributed by atoms with Crippen LogP contribution in [0, 0.1) is 0 Å². The number of fused-ring (bicyclic) bond motifs is 4. The van der Waals surface area contributed by atoms with Crippen molar-refractivity contribution in [2.24, 2.45) is 0 Å². The molecule has 1 atom stereocenters. The van der Waals surface area contributed by atoms with Crippen LogP contribution in [0.15, 0.2) is 47.4 Å². The van der Waals surface area contributed by atoms with E-state index < -0.39 is 10.8 Å². The second kappa shape index (κ2) is 6.91. The Balaban J connectivity index is 1.26. The molecule has 2 aromatic carbocycles. The van der Waals surface area contributed by atoms with Gasteiger partial charge in [0.1, 0.15) is 0 Å². The summed E-state index contributed by atoms with van der Waals surface area (Å²) in [5, 5.41) is 2.80. The van der Waals surface area contributed by atoms with E-state index in [-0.39, 0.29) is 24.8 Å². The van der Waals surface area contributed by atoms with Crippen molar-refractivity contribution >= 4 is 40.9 Å². The number of carbonyl (C=O) groups is 3. The van der Waals surface area contributed by atoms with Crippen LogP contribution in [0.4, 0.5) is 11.4 Å². The predicted octanol–water partition coefficient (Wildman–Crippen LogP) is 3.29. The number of benzene rings is 2. The highest BCUT2D eigenvalue weighted by molar-refractivity contribution is 8.02. The van der Waals surface area contributed by atoms with E-state index in [1.807, 2.05) is 42.5 Å². The lowest BCUT2D eigenvalue weighted by Gasteiger charge is -2.28. The summed E-state index contributed by atoms with van der Waals surface area (Å²) in [6, 6.07) is 13.3. The maximum absolute atomic E-state index is 13.0. The van der Waals surface area contributed by atoms with Crippen molar-refractivity contribution in [3.8, 4) is 0 Å². The molecule has 5 rings (SSSR count). The Morgan fingerprint density at radius 1 is 1.10 bits per heavy atom. The number of rotatable bonds is 4. The Morgan fingerprint density at radius 3 is 2.83 bits per heavy atom. The van der Waals surface area contributed by atoms with Crippen LogP contribution in [0.2, 0.25) is 0 Å². The van der Waals surface area contributed by atoms with Crippen LogP contribution in [0.3, 0.4) is 0 Å². The summed E-state index contributed by atoms with van der Waals surface area (Å²) < 4.78 is 5.37. The van der Waals surface area contributed by atoms with Crippen LogP contribution >= 0.6 is 11.8 Å². The fourth-order valence-electron chi connectivity index (χ4n) is 4.36. The molecule has 6 nitrogen and oxygen atoms in total. The molecule has 1 N–H and O–H groups in total. The highest BCUT2D eigenvalue weighted by atomic mass is 32.2. The monoisotopic (exact) mass is 408 g/mol. The van der Waals surface area contributed by atoms with Gasteiger partial charge in [0.15, 0.2) is 11.5 Å². The number of amides is 2. The lowest BCUT2D eigenvalue weighted by molar-refractivity contribution is -0.149. The molecule has 2 heterocycles. The van der Waals surface area contributed by atoms with Gasteiger partial charge in [0.25, 0.3) is 5.91 Å². The summed E-state index contributed by atoms with van der Waals surface area (Å²) in [6.45, 7) is -0.378. The minimum atomic E-state index is -1.10. The third-order valence-corrected chi connectivity index (χ3v) is 7.17. The molecule has 7 heteroatoms. The molecular weight excluding hydrogens is 388 g/mol. The first kappa shape index (κ1) is 18.2. The highest BCUT2D eigenvalue weighted by Crippen LogP contribution is 2.56. The van der Waals surface area contributed by atoms with E-state index >= 15 is 0 Å². The largest absolute Gasteiger partial charge is 0.453 e. The molecular formula is C22H20N2O4S. The van der Waals surface area contributed by atoms with Crippen molar-refractivity contribution in [3.63, 3.8) is 0 Å². The molecule has 148 valence electrons. The molecule has 1 saturated heterocycles. The quantitative estimate of drug-likeness (QED) is 0.786. The number of thioether (sulfide) groups is 1. The van der Waals surface area contributed by atoms with Crippen molar-refractivity contribution in [1.29, 1.82) is 0 Å². The molecule has 3 aliphatic rings. The SMILES string of the molecule is O=C(COC(=O)[C@]12CCC(=O)N1c1ccccc1S2)Nc1ccc2c(c1)CCC2. The number of ether oxygens (including phenoxy) is 1. The van der Waals surface area contributed by atoms with Gasteiger partial charge >= 0.3 is 5.97 Å². The number of nitrogens with one attached hydrogen (secondary N) is 1. The number of nitrogens with zero attached hydrogens (tertiary/aromatic N) is 1. The van der Waals surface area contributed by atoms with E-state index in [4.69, 9.17) is 4.74 Å². The Morgan fingerprint density at radius 2 is 1.93 bits per heavy atom. The zero-order valence-electron chi connectivity index (χ0n) is 15.8. The van der Waals surface area contributed by atoms with Crippen LogP contribution in [0.25, 0.3) is 0 Å². The molecule has 0 unspecified atom stereocenters. The third-order valence-electron chi connectivity index (χ3n) is 5.71. The van der Waals surface area contributed by atoms with Gasteiger partial charge in [-0.05, 0) is 54.7 Å². The van der Waals surface area contributed by atoms with Crippen LogP contribution in [-0.4, -0.2) is 29.3 Å². The molecule has 0 bridgehead atoms. The van der Waals surface area contributed by atoms with Crippen molar-refractivity contribution in [2.45, 2.75) is 41.9 Å². The second-order valence-corrected chi connectivity index (χ2v) is 8.86. The molecule has 2 aliphatic heterocycles. The summed E-state index contributed by atoms with van der Waals surface area (Å²) in [4.78, 5) is 39.0. The topological polar surface area (TPSA) is 75.7 Å². The molecule has 29 heavy (non-hydrogen) atoms. The van der Waals surface area contributed by atoms with Gasteiger partial charge in [0, 0.05) is 23.4 Å². The maximum atomic E-state index is 13.0. The first-order valence-corrected chi connectivity index (χ1v) is 10.6. The molecule has 1 fully saturated rings. The van der Waals surface area contributed by atoms with Gasteiger partial charge in [-0.2, -0.15) is 0 Å². The average molecular weight is 408 g/mol. The minimum absolute atomic E-state index is 0.0954. The summed E-state index contributed by atoms with van der Waals surface area (Å²) >= 11 is 1.33. The number of hydrogen-bond acceptors (Lipinski definition) is 5. The van der Waals surface area contributed by atoms with E-state index in [1.54, 1.807) is 0 Å². The zero-order chi connectivity index (χ0) is 20.0. The van der Waals surface area contributed by atoms with E-state index in [0.29, 0.717) is 12.1 Å². The van der Waals surface area contributed by atoms with E-state index in [2.05, 4.69) is 5.32 Å². The van der Waals surface area contributed by atoms with Crippen molar-refractivity contribution in [1.82, 2.24) is 0 Å². The minimum Gasteiger partial charge on any atom is -0.453 e. The Kier molecular flexibility index (Phi) is 4.35. The van der Waals surface area contributed by atoms with Gasteiger partial charge < -0.3 is 10.1 Å². The fraction of sp³-hybridized carbons (Fsp3) is 0.318. The normalized spacial score (nSPS) is 21.5. The Bertz CT molecular complexity index is 1040. The van der Waals surface area contributed by atoms with E-state index in [0.717, 1.165) is 29.8 Å². The second-order valence-electron chi connectivity index (χ2n) is 7.54. The lowest BCUT2D eigenvalue weighted by Crippen LogP contribution is -2.48. The van der Waals surface area contributed by atoms with Crippen molar-refractivity contribution in [2.75, 3.05) is 16.8 Å². The van der Waals surface area contributed by atoms with E-state index in [1.165, 1.54) is 27.8 Å². The van der Waals surface area contributed by atoms with Crippen LogP contribution in [-0.2, 0) is 32.0 Å². The molecule has 0 saturated carbocycles. The van der Waals surface area contributed by atoms with Gasteiger partial charge in [-0.1, -0.05) is 30.0 Å². The first-order valence-electron chi connectivity index (χ1n) is 9.77. The number of carbonyl (C=O) groups excluding carboxylic acids is 3. The van der Waals surface area contributed by atoms with Crippen molar-refractivity contribution < 1.29 is 19.1 Å². The fourth-order valence-corrected chi connectivity index (χ4v) is 5.77. The third kappa shape index (κ3) is 3.00. The molecule has 2 aromatic rings. The molecule has 1 aliphatic carbocycles. The highest BCUT2D eigenvalue weighted by Gasteiger charge is 2.58. The molecule has 0 spiro atoms. The zero-order valence-corrected chi connectivity index (χ0v) is 16.6. The summed E-state index contributed by atoms with van der Waals surface area (Å²) in [5.41, 5.74) is 4.04. The van der Waals surface area contributed by atoms with E-state index in [9.17, 15) is 14.4 Å². The molecule has 0 aromatic heterocycles. The van der Waals surface area contributed by atoms with Gasteiger partial charge in [-0.3, -0.25) is 14.5 Å². The summed E-state index contributed by atoms with van der Waals surface area (Å²) in [6.07, 6.45) is 3.91. The smallest absolute Gasteiger partial charge is 0.344 e. The Labute approximate surface area is 172 Å². The number of aryl methyl sites for hydroxylation is 2. The van der Waals surface area contributed by atoms with Crippen LogP contribution in [0.1, 0.15) is 30.4 Å². The van der Waals surface area contributed by atoms with Crippen LogP contribution in [0.5, 0.6) is 0 Å². The first-order chi connectivity index (χ1) is 14.1. The predicted molar refractivity (Wildman–Crippen MR) is 110 cm³/mol. The van der Waals surface area contributed by atoms with Crippen LogP contribution < -0.4 is 10.2 Å². The lowest BCUT2D eigenvalue weighted by atomic mass is 10.1. The number of anilines is 2. The maximum Gasteiger partial charge on any atom is 0.344 e. The summed E-state index contributed by atoms with van der Waals surface area (Å²) in [5.74, 6) is -1.03. The summed E-state index contributed by atoms with van der Waals surface area (Å²) in [7, 11) is 0. The molecule has 2 amide bonds. The van der Waals surface area contributed by atoms with Gasteiger partial charge in [-0.25, -0.2) is 4.79 Å². The average Bonchev–Trinajstić information content (AvgIpc) is 3.40. The standard InChI is InChI=1S/C22H20N2O4S/c25-19(23-16-9-8-14-4-3-5-15(14)12-16)13-28-21(27)22-11-10-20(26)24(22)17-6-1-2-7-18(17)29-22/h1-2,6-9,12H,3-5,10-11,13H2,(H,23,25)/t22-/m1/s1. The van der Waals surface area contributed by atoms with Crippen molar-refractivity contribution in [3.05, 3.63) is 53.6 Å². The van der Waals surface area contributed by atoms with Gasteiger partial charge in [0.2, 0.25) is 5.91 Å². The Hall–Kier alpha value is -2.80.